The number of hydrogen-bond acceptors (Lipinski definition) is 3. The van der Waals surface area contributed by atoms with Gasteiger partial charge in [-0.1, -0.05) is 42.8 Å². The highest BCUT2D eigenvalue weighted by molar-refractivity contribution is 8.00. The summed E-state index contributed by atoms with van der Waals surface area (Å²) in [6.07, 6.45) is 8.45. The summed E-state index contributed by atoms with van der Waals surface area (Å²) in [5.41, 5.74) is 1.05. The van der Waals surface area contributed by atoms with Gasteiger partial charge in [0.15, 0.2) is 10.7 Å². The minimum Gasteiger partial charge on any atom is -0.480 e. The number of thioether (sulfide) groups is 1. The molecule has 4 rings (SSSR count). The second-order valence-corrected chi connectivity index (χ2v) is 7.96. The van der Waals surface area contributed by atoms with Gasteiger partial charge >= 0.3 is 0 Å². The first-order valence-corrected chi connectivity index (χ1v) is 9.29. The van der Waals surface area contributed by atoms with Gasteiger partial charge in [-0.25, -0.2) is 0 Å². The summed E-state index contributed by atoms with van der Waals surface area (Å²) in [6.45, 7) is 0. The number of rotatable bonds is 2. The minimum atomic E-state index is -0.234. The first kappa shape index (κ1) is 14.4. The molecule has 0 N–H and O–H groups in total. The Morgan fingerprint density at radius 2 is 1.91 bits per heavy atom. The second kappa shape index (κ2) is 5.77. The second-order valence-electron chi connectivity index (χ2n) is 6.59. The lowest BCUT2D eigenvalue weighted by molar-refractivity contribution is -0.116. The number of ether oxygens (including phenoxy) is 1. The van der Waals surface area contributed by atoms with Crippen molar-refractivity contribution in [3.8, 4) is 0 Å². The van der Waals surface area contributed by atoms with Crippen molar-refractivity contribution in [1.82, 2.24) is 0 Å². The maximum Gasteiger partial charge on any atom is 0.165 e. The molecule has 0 spiro atoms. The number of allylic oxidation sites excluding steroid dienone is 1. The predicted molar refractivity (Wildman–Crippen MR) is 88.6 cm³/mol. The van der Waals surface area contributed by atoms with E-state index in [2.05, 4.69) is 30.3 Å². The smallest absolute Gasteiger partial charge is 0.165 e. The lowest BCUT2D eigenvalue weighted by atomic mass is 9.83. The van der Waals surface area contributed by atoms with Gasteiger partial charge in [0.05, 0.1) is 0 Å². The average Bonchev–Trinajstić information content (AvgIpc) is 2.69. The first-order valence-electron chi connectivity index (χ1n) is 8.48. The summed E-state index contributed by atoms with van der Waals surface area (Å²) in [7, 11) is 0. The van der Waals surface area contributed by atoms with Crippen LogP contribution in [0.4, 0.5) is 0 Å². The summed E-state index contributed by atoms with van der Waals surface area (Å²) in [5, 5.41) is 0. The van der Waals surface area contributed by atoms with Gasteiger partial charge < -0.3 is 4.74 Å². The summed E-state index contributed by atoms with van der Waals surface area (Å²) < 4.78 is 6.53. The molecule has 22 heavy (non-hydrogen) atoms. The zero-order valence-electron chi connectivity index (χ0n) is 12.8. The van der Waals surface area contributed by atoms with Crippen molar-refractivity contribution in [1.29, 1.82) is 0 Å². The molecular weight excluding hydrogens is 292 g/mol. The van der Waals surface area contributed by atoms with Crippen molar-refractivity contribution in [2.75, 3.05) is 0 Å². The molecule has 2 nitrogen and oxygen atoms in total. The zero-order chi connectivity index (χ0) is 15.0. The van der Waals surface area contributed by atoms with Gasteiger partial charge in [0.25, 0.3) is 0 Å². The maximum atomic E-state index is 12.5. The SMILES string of the molecule is O=C1CCCC2=C1[C@@H]1CCCCC[C@]1(Sc1ccccc1)O2. The molecule has 1 aromatic rings. The Kier molecular flexibility index (Phi) is 3.77. The monoisotopic (exact) mass is 314 g/mol. The highest BCUT2D eigenvalue weighted by atomic mass is 32.2. The quantitative estimate of drug-likeness (QED) is 0.760. The Morgan fingerprint density at radius 1 is 1.05 bits per heavy atom. The minimum absolute atomic E-state index is 0.234. The number of ketones is 1. The summed E-state index contributed by atoms with van der Waals surface area (Å²) in [6, 6.07) is 10.5. The Hall–Kier alpha value is -1.22. The van der Waals surface area contributed by atoms with E-state index in [4.69, 9.17) is 4.74 Å². The van der Waals surface area contributed by atoms with E-state index < -0.39 is 0 Å². The van der Waals surface area contributed by atoms with Crippen LogP contribution in [-0.2, 0) is 9.53 Å². The van der Waals surface area contributed by atoms with Crippen molar-refractivity contribution < 1.29 is 9.53 Å². The molecule has 2 aliphatic carbocycles. The topological polar surface area (TPSA) is 26.3 Å². The van der Waals surface area contributed by atoms with Crippen molar-refractivity contribution in [2.45, 2.75) is 61.2 Å². The molecule has 3 heteroatoms. The van der Waals surface area contributed by atoms with Crippen LogP contribution < -0.4 is 0 Å². The highest BCUT2D eigenvalue weighted by Crippen LogP contribution is 2.57. The Bertz CT molecular complexity index is 607. The van der Waals surface area contributed by atoms with Gasteiger partial charge in [-0.15, -0.1) is 0 Å². The molecule has 3 aliphatic rings. The molecule has 1 aliphatic heterocycles. The van der Waals surface area contributed by atoms with Crippen LogP contribution in [0.15, 0.2) is 46.6 Å². The van der Waals surface area contributed by atoms with Gasteiger partial charge in [0.2, 0.25) is 0 Å². The fourth-order valence-electron chi connectivity index (χ4n) is 4.15. The van der Waals surface area contributed by atoms with E-state index in [0.29, 0.717) is 18.1 Å². The molecule has 1 heterocycles. The maximum absolute atomic E-state index is 12.5. The number of Topliss-reactive ketones (excluding diaryl/α,β-unsaturated/α-hetero) is 1. The number of fused-ring (bicyclic) bond motifs is 2. The molecule has 1 aromatic carbocycles. The highest BCUT2D eigenvalue weighted by Gasteiger charge is 2.52. The first-order chi connectivity index (χ1) is 10.8. The molecule has 0 amide bonds. The van der Waals surface area contributed by atoms with E-state index in [9.17, 15) is 4.79 Å². The van der Waals surface area contributed by atoms with E-state index in [1.807, 2.05) is 11.8 Å². The van der Waals surface area contributed by atoms with E-state index >= 15 is 0 Å². The van der Waals surface area contributed by atoms with Crippen LogP contribution in [0.3, 0.4) is 0 Å². The third kappa shape index (κ3) is 2.40. The number of benzene rings is 1. The molecule has 116 valence electrons. The summed E-state index contributed by atoms with van der Waals surface area (Å²) in [4.78, 5) is 13.5. The molecule has 1 saturated carbocycles. The zero-order valence-corrected chi connectivity index (χ0v) is 13.7. The van der Waals surface area contributed by atoms with E-state index in [1.54, 1.807) is 0 Å². The molecular formula is C19H22O2S. The third-order valence-corrected chi connectivity index (χ3v) is 6.56. The lowest BCUT2D eigenvalue weighted by Crippen LogP contribution is -2.33. The Balaban J connectivity index is 1.71. The molecule has 0 unspecified atom stereocenters. The summed E-state index contributed by atoms with van der Waals surface area (Å²) in [5.74, 6) is 1.67. The van der Waals surface area contributed by atoms with Crippen LogP contribution in [0.2, 0.25) is 0 Å². The fraction of sp³-hybridized carbons (Fsp3) is 0.526. The van der Waals surface area contributed by atoms with Gasteiger partial charge in [0.1, 0.15) is 5.76 Å². The van der Waals surface area contributed by atoms with Crippen LogP contribution in [0.1, 0.15) is 51.4 Å². The van der Waals surface area contributed by atoms with Gasteiger partial charge in [0, 0.05) is 29.2 Å². The standard InChI is InChI=1S/C19H22O2S/c20-16-11-7-12-17-18(16)15-10-5-2-6-13-19(15,21-17)22-14-8-3-1-4-9-14/h1,3-4,8-9,15H,2,5-7,10-13H2/t15-,19+/m0/s1. The third-order valence-electron chi connectivity index (χ3n) is 5.14. The lowest BCUT2D eigenvalue weighted by Gasteiger charge is -2.34. The largest absolute Gasteiger partial charge is 0.480 e. The number of carbonyl (C=O) groups is 1. The molecule has 1 fully saturated rings. The van der Waals surface area contributed by atoms with Crippen LogP contribution in [-0.4, -0.2) is 10.7 Å². The van der Waals surface area contributed by atoms with Crippen molar-refractivity contribution in [2.24, 2.45) is 5.92 Å². The van der Waals surface area contributed by atoms with Crippen LogP contribution in [0.25, 0.3) is 0 Å². The van der Waals surface area contributed by atoms with E-state index in [-0.39, 0.29) is 4.93 Å². The molecule has 2 atom stereocenters. The molecule has 0 aromatic heterocycles. The van der Waals surface area contributed by atoms with Crippen molar-refractivity contribution in [3.63, 3.8) is 0 Å². The fourth-order valence-corrected chi connectivity index (χ4v) is 5.60. The van der Waals surface area contributed by atoms with Crippen LogP contribution in [0.5, 0.6) is 0 Å². The predicted octanol–water partition coefficient (Wildman–Crippen LogP) is 5.09. The Morgan fingerprint density at radius 3 is 2.77 bits per heavy atom. The van der Waals surface area contributed by atoms with Crippen LogP contribution >= 0.6 is 11.8 Å². The van der Waals surface area contributed by atoms with Gasteiger partial charge in [-0.2, -0.15) is 0 Å². The molecule has 0 saturated heterocycles. The average molecular weight is 314 g/mol. The normalized spacial score (nSPS) is 31.3. The van der Waals surface area contributed by atoms with Crippen molar-refractivity contribution in [3.05, 3.63) is 41.7 Å². The van der Waals surface area contributed by atoms with Gasteiger partial charge in [-0.3, -0.25) is 4.79 Å². The van der Waals surface area contributed by atoms with Crippen molar-refractivity contribution >= 4 is 17.5 Å². The van der Waals surface area contributed by atoms with E-state index in [1.165, 1.54) is 24.2 Å². The molecule has 0 radical (unpaired) electrons. The molecule has 0 bridgehead atoms. The van der Waals surface area contributed by atoms with Crippen LogP contribution in [0, 0.1) is 5.92 Å². The number of carbonyl (C=O) groups excluding carboxylic acids is 1. The number of hydrogen-bond donors (Lipinski definition) is 0. The van der Waals surface area contributed by atoms with Gasteiger partial charge in [-0.05, 0) is 37.8 Å². The Labute approximate surface area is 136 Å². The van der Waals surface area contributed by atoms with E-state index in [0.717, 1.165) is 37.0 Å². The summed E-state index contributed by atoms with van der Waals surface area (Å²) >= 11 is 1.85.